The molecule has 0 aliphatic rings. The maximum Gasteiger partial charge on any atom is 0.358 e. The van der Waals surface area contributed by atoms with Crippen LogP contribution in [-0.4, -0.2) is 16.1 Å². The van der Waals surface area contributed by atoms with Crippen LogP contribution in [0.15, 0.2) is 40.9 Å². The van der Waals surface area contributed by atoms with Crippen molar-refractivity contribution >= 4 is 21.9 Å². The lowest BCUT2D eigenvalue weighted by Crippen LogP contribution is -2.06. The van der Waals surface area contributed by atoms with Crippen molar-refractivity contribution in [2.75, 3.05) is 0 Å². The Bertz CT molecular complexity index is 613. The molecule has 4 nitrogen and oxygen atoms in total. The molecule has 98 valence electrons. The van der Waals surface area contributed by atoms with E-state index in [-0.39, 0.29) is 11.4 Å². The molecule has 0 radical (unpaired) electrons. The van der Waals surface area contributed by atoms with Crippen molar-refractivity contribution < 1.29 is 14.6 Å². The molecule has 1 N–H and O–H groups in total. The van der Waals surface area contributed by atoms with E-state index in [4.69, 9.17) is 9.84 Å². The van der Waals surface area contributed by atoms with Crippen LogP contribution >= 0.6 is 15.9 Å². The number of benzene rings is 1. The maximum atomic E-state index is 11.1. The monoisotopic (exact) mass is 321 g/mol. The number of pyridine rings is 1. The van der Waals surface area contributed by atoms with Crippen LogP contribution in [0.5, 0.6) is 5.75 Å². The van der Waals surface area contributed by atoms with Gasteiger partial charge >= 0.3 is 5.97 Å². The first-order chi connectivity index (χ1) is 9.06. The second kappa shape index (κ2) is 5.84. The molecule has 0 aliphatic carbocycles. The third-order valence-corrected chi connectivity index (χ3v) is 2.98. The summed E-state index contributed by atoms with van der Waals surface area (Å²) in [6.07, 6.45) is 0. The number of rotatable bonds is 4. The zero-order chi connectivity index (χ0) is 13.8. The highest BCUT2D eigenvalue weighted by atomic mass is 79.9. The molecule has 0 fully saturated rings. The van der Waals surface area contributed by atoms with Crippen LogP contribution in [-0.2, 0) is 6.61 Å². The molecular weight excluding hydrogens is 310 g/mol. The van der Waals surface area contributed by atoms with E-state index < -0.39 is 5.97 Å². The van der Waals surface area contributed by atoms with Gasteiger partial charge in [-0.2, -0.15) is 0 Å². The van der Waals surface area contributed by atoms with Crippen molar-refractivity contribution in [3.8, 4) is 5.75 Å². The lowest BCUT2D eigenvalue weighted by atomic mass is 10.2. The minimum atomic E-state index is -1.09. The van der Waals surface area contributed by atoms with Crippen molar-refractivity contribution in [2.45, 2.75) is 13.5 Å². The van der Waals surface area contributed by atoms with Gasteiger partial charge in [-0.15, -0.1) is 0 Å². The van der Waals surface area contributed by atoms with Gasteiger partial charge in [0.05, 0.1) is 0 Å². The number of carboxylic acids is 1. The van der Waals surface area contributed by atoms with Crippen molar-refractivity contribution in [3.05, 3.63) is 57.8 Å². The molecule has 2 aromatic rings. The number of halogens is 1. The van der Waals surface area contributed by atoms with E-state index >= 15 is 0 Å². The average molecular weight is 322 g/mol. The highest BCUT2D eigenvalue weighted by molar-refractivity contribution is 9.10. The quantitative estimate of drug-likeness (QED) is 0.937. The van der Waals surface area contributed by atoms with Crippen molar-refractivity contribution in [3.63, 3.8) is 0 Å². The Morgan fingerprint density at radius 2 is 2.16 bits per heavy atom. The molecule has 0 saturated carbocycles. The van der Waals surface area contributed by atoms with Gasteiger partial charge in [0.15, 0.2) is 11.4 Å². The third kappa shape index (κ3) is 3.54. The molecule has 0 spiro atoms. The van der Waals surface area contributed by atoms with E-state index in [1.165, 1.54) is 0 Å². The number of ether oxygens (including phenoxy) is 1. The molecule has 1 aromatic carbocycles. The zero-order valence-corrected chi connectivity index (χ0v) is 11.8. The Balaban J connectivity index is 2.17. The van der Waals surface area contributed by atoms with Gasteiger partial charge in [0.2, 0.25) is 0 Å². The van der Waals surface area contributed by atoms with E-state index in [9.17, 15) is 4.79 Å². The van der Waals surface area contributed by atoms with Crippen LogP contribution in [0.4, 0.5) is 0 Å². The second-order valence-corrected chi connectivity index (χ2v) is 4.94. The first-order valence-corrected chi connectivity index (χ1v) is 6.44. The summed E-state index contributed by atoms with van der Waals surface area (Å²) < 4.78 is 6.48. The van der Waals surface area contributed by atoms with Crippen LogP contribution in [0.25, 0.3) is 0 Å². The minimum absolute atomic E-state index is 0.0602. The van der Waals surface area contributed by atoms with Gasteiger partial charge < -0.3 is 9.84 Å². The van der Waals surface area contributed by atoms with Crippen molar-refractivity contribution in [2.24, 2.45) is 0 Å². The van der Waals surface area contributed by atoms with Gasteiger partial charge in [0, 0.05) is 10.2 Å². The first-order valence-electron chi connectivity index (χ1n) is 5.64. The number of aromatic carboxylic acids is 1. The fourth-order valence-corrected chi connectivity index (χ4v) is 2.05. The molecule has 1 aromatic heterocycles. The van der Waals surface area contributed by atoms with Crippen molar-refractivity contribution in [1.82, 2.24) is 4.98 Å². The molecule has 0 aliphatic heterocycles. The number of hydrogen-bond donors (Lipinski definition) is 1. The fourth-order valence-electron chi connectivity index (χ4n) is 1.60. The summed E-state index contributed by atoms with van der Waals surface area (Å²) in [6, 6.07) is 11.0. The van der Waals surface area contributed by atoms with E-state index in [0.717, 1.165) is 10.0 Å². The zero-order valence-electron chi connectivity index (χ0n) is 10.3. The van der Waals surface area contributed by atoms with Crippen molar-refractivity contribution in [1.29, 1.82) is 0 Å². The molecular formula is C14H12BrNO3. The fraction of sp³-hybridized carbons (Fsp3) is 0.143. The van der Waals surface area contributed by atoms with Crippen LogP contribution in [0, 0.1) is 6.92 Å². The smallest absolute Gasteiger partial charge is 0.358 e. The average Bonchev–Trinajstić information content (AvgIpc) is 2.37. The van der Waals surface area contributed by atoms with E-state index in [1.54, 1.807) is 19.1 Å². The summed E-state index contributed by atoms with van der Waals surface area (Å²) in [5.74, 6) is -0.814. The van der Waals surface area contributed by atoms with E-state index in [0.29, 0.717) is 12.3 Å². The van der Waals surface area contributed by atoms with Gasteiger partial charge in [-0.25, -0.2) is 9.78 Å². The van der Waals surface area contributed by atoms with Gasteiger partial charge in [-0.1, -0.05) is 28.1 Å². The normalized spacial score (nSPS) is 10.2. The molecule has 5 heteroatoms. The topological polar surface area (TPSA) is 59.4 Å². The standard InChI is InChI=1S/C14H12BrNO3/c1-9-5-6-12(13(16-9)14(17)18)19-8-10-3-2-4-11(15)7-10/h2-7H,8H2,1H3,(H,17,18). The molecule has 0 atom stereocenters. The van der Waals surface area contributed by atoms with Gasteiger partial charge in [0.1, 0.15) is 6.61 Å². The molecule has 0 bridgehead atoms. The largest absolute Gasteiger partial charge is 0.486 e. The molecule has 2 rings (SSSR count). The molecule has 0 saturated heterocycles. The minimum Gasteiger partial charge on any atom is -0.486 e. The van der Waals surface area contributed by atoms with Crippen LogP contribution in [0.2, 0.25) is 0 Å². The number of carboxylic acid groups (broad SMARTS) is 1. The van der Waals surface area contributed by atoms with Crippen LogP contribution < -0.4 is 4.74 Å². The lowest BCUT2D eigenvalue weighted by molar-refractivity contribution is 0.0684. The van der Waals surface area contributed by atoms with E-state index in [2.05, 4.69) is 20.9 Å². The highest BCUT2D eigenvalue weighted by Gasteiger charge is 2.13. The Morgan fingerprint density at radius 3 is 2.84 bits per heavy atom. The Labute approximate surface area is 119 Å². The molecule has 0 unspecified atom stereocenters. The summed E-state index contributed by atoms with van der Waals surface area (Å²) in [5, 5.41) is 9.08. The summed E-state index contributed by atoms with van der Waals surface area (Å²) in [5.41, 5.74) is 1.54. The number of nitrogens with zero attached hydrogens (tertiary/aromatic N) is 1. The number of carbonyl (C=O) groups is 1. The number of hydrogen-bond acceptors (Lipinski definition) is 3. The third-order valence-electron chi connectivity index (χ3n) is 2.48. The van der Waals surface area contributed by atoms with Gasteiger partial charge in [0.25, 0.3) is 0 Å². The highest BCUT2D eigenvalue weighted by Crippen LogP contribution is 2.19. The molecule has 1 heterocycles. The first kappa shape index (κ1) is 13.5. The molecule has 19 heavy (non-hydrogen) atoms. The number of aromatic nitrogens is 1. The Hall–Kier alpha value is -1.88. The Morgan fingerprint density at radius 1 is 1.37 bits per heavy atom. The summed E-state index contributed by atoms with van der Waals surface area (Å²) >= 11 is 3.37. The number of aryl methyl sites for hydroxylation is 1. The van der Waals surface area contributed by atoms with Crippen LogP contribution in [0.1, 0.15) is 21.7 Å². The summed E-state index contributed by atoms with van der Waals surface area (Å²) in [6.45, 7) is 2.04. The predicted molar refractivity (Wildman–Crippen MR) is 74.4 cm³/mol. The summed E-state index contributed by atoms with van der Waals surface area (Å²) in [4.78, 5) is 15.1. The second-order valence-electron chi connectivity index (χ2n) is 4.02. The van der Waals surface area contributed by atoms with E-state index in [1.807, 2.05) is 24.3 Å². The molecule has 0 amide bonds. The lowest BCUT2D eigenvalue weighted by Gasteiger charge is -2.09. The maximum absolute atomic E-state index is 11.1. The Kier molecular flexibility index (Phi) is 4.16. The van der Waals surface area contributed by atoms with Gasteiger partial charge in [-0.3, -0.25) is 0 Å². The predicted octanol–water partition coefficient (Wildman–Crippen LogP) is 3.43. The SMILES string of the molecule is Cc1ccc(OCc2cccc(Br)c2)c(C(=O)O)n1. The van der Waals surface area contributed by atoms with Gasteiger partial charge in [-0.05, 0) is 36.8 Å². The summed E-state index contributed by atoms with van der Waals surface area (Å²) in [7, 11) is 0. The van der Waals surface area contributed by atoms with Crippen LogP contribution in [0.3, 0.4) is 0 Å².